The fourth-order valence-electron chi connectivity index (χ4n) is 1.29. The smallest absolute Gasteiger partial charge is 0.313 e. The third-order valence-corrected chi connectivity index (χ3v) is 2.19. The van der Waals surface area contributed by atoms with Gasteiger partial charge in [-0.05, 0) is 13.0 Å². The maximum Gasteiger partial charge on any atom is 0.313 e. The minimum atomic E-state index is -0.667. The zero-order chi connectivity index (χ0) is 13.0. The first-order valence-corrected chi connectivity index (χ1v) is 4.73. The van der Waals surface area contributed by atoms with Crippen molar-refractivity contribution in [2.24, 2.45) is 0 Å². The third kappa shape index (κ3) is 2.78. The number of methoxy groups -OCH3 is 1. The van der Waals surface area contributed by atoms with E-state index in [-0.39, 0.29) is 11.1 Å². The van der Waals surface area contributed by atoms with Crippen LogP contribution in [0.5, 0.6) is 0 Å². The standard InChI is InChI=1S/C11H10N2O4/c1-6-8(9(14)4-10(15)17-2)3-7(5-12)11(16)13-6/h3H,4H2,1-2H3,(H,13,16). The number of esters is 1. The molecule has 6 nitrogen and oxygen atoms in total. The molecule has 0 saturated carbocycles. The Balaban J connectivity index is 3.15. The lowest BCUT2D eigenvalue weighted by molar-refractivity contribution is -0.139. The number of Topliss-reactive ketones (excluding diaryl/α,β-unsaturated/α-hetero) is 1. The summed E-state index contributed by atoms with van der Waals surface area (Å²) in [6.45, 7) is 1.52. The zero-order valence-corrected chi connectivity index (χ0v) is 9.36. The normalized spacial score (nSPS) is 9.47. The maximum absolute atomic E-state index is 11.7. The van der Waals surface area contributed by atoms with Crippen LogP contribution in [0.1, 0.15) is 28.0 Å². The molecule has 1 N–H and O–H groups in total. The number of aryl methyl sites for hydroxylation is 1. The van der Waals surface area contributed by atoms with Crippen LogP contribution in [-0.4, -0.2) is 23.8 Å². The van der Waals surface area contributed by atoms with E-state index in [0.29, 0.717) is 5.69 Å². The van der Waals surface area contributed by atoms with Crippen LogP contribution in [0.25, 0.3) is 0 Å². The molecule has 0 unspecified atom stereocenters. The van der Waals surface area contributed by atoms with Gasteiger partial charge in [-0.1, -0.05) is 0 Å². The fraction of sp³-hybridized carbons (Fsp3) is 0.273. The first-order chi connectivity index (χ1) is 7.99. The van der Waals surface area contributed by atoms with Gasteiger partial charge in [0.05, 0.1) is 7.11 Å². The van der Waals surface area contributed by atoms with Crippen molar-refractivity contribution in [3.63, 3.8) is 0 Å². The number of aromatic nitrogens is 1. The van der Waals surface area contributed by atoms with Gasteiger partial charge in [0.25, 0.3) is 5.56 Å². The topological polar surface area (TPSA) is 100 Å². The highest BCUT2D eigenvalue weighted by Crippen LogP contribution is 2.08. The molecule has 1 aromatic rings. The molecule has 88 valence electrons. The molecule has 1 heterocycles. The SMILES string of the molecule is COC(=O)CC(=O)c1cc(C#N)c(=O)[nH]c1C. The van der Waals surface area contributed by atoms with E-state index in [1.165, 1.54) is 20.1 Å². The summed E-state index contributed by atoms with van der Waals surface area (Å²) in [7, 11) is 1.18. The van der Waals surface area contributed by atoms with Crippen LogP contribution in [0.3, 0.4) is 0 Å². The Kier molecular flexibility index (Phi) is 3.78. The van der Waals surface area contributed by atoms with E-state index in [2.05, 4.69) is 9.72 Å². The summed E-state index contributed by atoms with van der Waals surface area (Å²) >= 11 is 0. The molecule has 0 aliphatic rings. The Morgan fingerprint density at radius 3 is 2.71 bits per heavy atom. The summed E-state index contributed by atoms with van der Waals surface area (Å²) in [6, 6.07) is 2.85. The van der Waals surface area contributed by atoms with Crippen molar-refractivity contribution >= 4 is 11.8 Å². The fourth-order valence-corrected chi connectivity index (χ4v) is 1.29. The Bertz CT molecular complexity index is 566. The quantitative estimate of drug-likeness (QED) is 0.460. The summed E-state index contributed by atoms with van der Waals surface area (Å²) in [5, 5.41) is 8.67. The number of pyridine rings is 1. The number of nitrogens with zero attached hydrogens (tertiary/aromatic N) is 1. The predicted octanol–water partition coefficient (Wildman–Crippen LogP) is 0.301. The number of ether oxygens (including phenoxy) is 1. The van der Waals surface area contributed by atoms with Gasteiger partial charge in [-0.2, -0.15) is 5.26 Å². The van der Waals surface area contributed by atoms with Crippen molar-refractivity contribution < 1.29 is 14.3 Å². The second-order valence-electron chi connectivity index (χ2n) is 3.34. The number of hydrogen-bond acceptors (Lipinski definition) is 5. The van der Waals surface area contributed by atoms with E-state index in [1.807, 2.05) is 0 Å². The molecule has 1 aromatic heterocycles. The van der Waals surface area contributed by atoms with Gasteiger partial charge in [-0.3, -0.25) is 14.4 Å². The summed E-state index contributed by atoms with van der Waals surface area (Å²) in [5.41, 5.74) is -0.252. The highest BCUT2D eigenvalue weighted by Gasteiger charge is 2.16. The summed E-state index contributed by atoms with van der Waals surface area (Å²) in [6.07, 6.45) is -0.422. The predicted molar refractivity (Wildman–Crippen MR) is 57.5 cm³/mol. The number of rotatable bonds is 3. The molecule has 0 spiro atoms. The highest BCUT2D eigenvalue weighted by molar-refractivity contribution is 6.06. The monoisotopic (exact) mass is 234 g/mol. The van der Waals surface area contributed by atoms with Crippen molar-refractivity contribution in [1.82, 2.24) is 4.98 Å². The number of aromatic amines is 1. The van der Waals surface area contributed by atoms with Gasteiger partial charge in [0.2, 0.25) is 0 Å². The van der Waals surface area contributed by atoms with Crippen LogP contribution < -0.4 is 5.56 Å². The molecule has 0 aliphatic carbocycles. The van der Waals surface area contributed by atoms with Crippen molar-refractivity contribution in [2.45, 2.75) is 13.3 Å². The molecular formula is C11H10N2O4. The lowest BCUT2D eigenvalue weighted by Crippen LogP contribution is -2.17. The van der Waals surface area contributed by atoms with Gasteiger partial charge in [-0.15, -0.1) is 0 Å². The number of nitriles is 1. The number of carbonyl (C=O) groups is 2. The maximum atomic E-state index is 11.7. The Hall–Kier alpha value is -2.42. The largest absolute Gasteiger partial charge is 0.469 e. The lowest BCUT2D eigenvalue weighted by Gasteiger charge is -2.04. The molecular weight excluding hydrogens is 224 g/mol. The number of H-pyrrole nitrogens is 1. The van der Waals surface area contributed by atoms with E-state index >= 15 is 0 Å². The van der Waals surface area contributed by atoms with Gasteiger partial charge in [0, 0.05) is 11.3 Å². The molecule has 6 heteroatoms. The third-order valence-electron chi connectivity index (χ3n) is 2.19. The van der Waals surface area contributed by atoms with E-state index < -0.39 is 23.7 Å². The number of hydrogen-bond donors (Lipinski definition) is 1. The zero-order valence-electron chi connectivity index (χ0n) is 9.36. The van der Waals surface area contributed by atoms with Crippen molar-refractivity contribution in [2.75, 3.05) is 7.11 Å². The van der Waals surface area contributed by atoms with Crippen LogP contribution in [0.15, 0.2) is 10.9 Å². The molecule has 0 saturated heterocycles. The van der Waals surface area contributed by atoms with Crippen LogP contribution >= 0.6 is 0 Å². The lowest BCUT2D eigenvalue weighted by atomic mass is 10.1. The molecule has 1 rings (SSSR count). The molecule has 0 aromatic carbocycles. The van der Waals surface area contributed by atoms with Gasteiger partial charge in [0.15, 0.2) is 5.78 Å². The molecule has 17 heavy (non-hydrogen) atoms. The Labute approximate surface area is 96.8 Å². The molecule has 0 fully saturated rings. The van der Waals surface area contributed by atoms with E-state index in [9.17, 15) is 14.4 Å². The molecule has 0 radical (unpaired) electrons. The summed E-state index contributed by atoms with van der Waals surface area (Å²) in [4.78, 5) is 36.3. The van der Waals surface area contributed by atoms with Gasteiger partial charge in [0.1, 0.15) is 18.1 Å². The van der Waals surface area contributed by atoms with Gasteiger partial charge in [-0.25, -0.2) is 0 Å². The van der Waals surface area contributed by atoms with E-state index in [4.69, 9.17) is 5.26 Å². The minimum absolute atomic E-state index is 0.145. The molecule has 0 aliphatic heterocycles. The molecule has 0 bridgehead atoms. The Morgan fingerprint density at radius 2 is 2.18 bits per heavy atom. The van der Waals surface area contributed by atoms with Crippen LogP contribution in [-0.2, 0) is 9.53 Å². The first kappa shape index (κ1) is 12.6. The number of nitrogens with one attached hydrogen (secondary N) is 1. The average Bonchev–Trinajstić information content (AvgIpc) is 2.28. The van der Waals surface area contributed by atoms with E-state index in [1.54, 1.807) is 6.07 Å². The van der Waals surface area contributed by atoms with Gasteiger partial charge < -0.3 is 9.72 Å². The highest BCUT2D eigenvalue weighted by atomic mass is 16.5. The van der Waals surface area contributed by atoms with Crippen LogP contribution in [0.4, 0.5) is 0 Å². The summed E-state index contributed by atoms with van der Waals surface area (Å²) < 4.78 is 4.37. The number of carbonyl (C=O) groups excluding carboxylic acids is 2. The van der Waals surface area contributed by atoms with Crippen molar-refractivity contribution in [1.29, 1.82) is 5.26 Å². The van der Waals surface area contributed by atoms with E-state index in [0.717, 1.165) is 0 Å². The minimum Gasteiger partial charge on any atom is -0.469 e. The molecule has 0 atom stereocenters. The second kappa shape index (κ2) is 5.07. The van der Waals surface area contributed by atoms with Crippen LogP contribution in [0, 0.1) is 18.3 Å². The molecule has 0 amide bonds. The van der Waals surface area contributed by atoms with Gasteiger partial charge >= 0.3 is 5.97 Å². The van der Waals surface area contributed by atoms with Crippen LogP contribution in [0.2, 0.25) is 0 Å². The van der Waals surface area contributed by atoms with Crippen molar-refractivity contribution in [3.8, 4) is 6.07 Å². The number of ketones is 1. The second-order valence-corrected chi connectivity index (χ2v) is 3.34. The average molecular weight is 234 g/mol. The van der Waals surface area contributed by atoms with Crippen molar-refractivity contribution in [3.05, 3.63) is 33.2 Å². The Morgan fingerprint density at radius 1 is 1.53 bits per heavy atom. The summed E-state index contributed by atoms with van der Waals surface area (Å²) in [5.74, 6) is -1.17. The first-order valence-electron chi connectivity index (χ1n) is 4.73.